The van der Waals surface area contributed by atoms with E-state index in [1.807, 2.05) is 6.20 Å². The second-order valence-electron chi connectivity index (χ2n) is 20.8. The minimum absolute atomic E-state index is 0.0382. The van der Waals surface area contributed by atoms with Crippen molar-refractivity contribution in [1.82, 2.24) is 9.55 Å². The molecule has 0 aliphatic carbocycles. The molecule has 11 rings (SSSR count). The van der Waals surface area contributed by atoms with Crippen molar-refractivity contribution in [2.24, 2.45) is 0 Å². The highest BCUT2D eigenvalue weighted by Gasteiger charge is 2.33. The molecule has 0 saturated heterocycles. The van der Waals surface area contributed by atoms with E-state index in [9.17, 15) is 0 Å². The standard InChI is InChI=1S/C66H62N4O/c1-8-66(9-2,49-26-17-12-18-27-49)50-36-37-67-63(42-50)70-59-35-32-47(46-22-13-10-14-23-46)38-58(59)57-34-33-56(44-62(57)70)71-55-29-21-28-53(43-55)68-45-69(61-31-20-19-30-60(61)68)54-40-51(64(3,4)5)39-52(41-54)65(6,7)48-24-15-11-16-25-48/h10-44H,8-9,45H2,1-7H3. The van der Waals surface area contributed by atoms with E-state index in [2.05, 4.69) is 269 Å². The molecule has 0 spiro atoms. The zero-order valence-electron chi connectivity index (χ0n) is 42.0. The summed E-state index contributed by atoms with van der Waals surface area (Å²) in [6, 6.07) is 74.8. The second-order valence-corrected chi connectivity index (χ2v) is 20.8. The Hall–Kier alpha value is -7.89. The number of rotatable bonds is 12. The molecule has 1 aliphatic rings. The normalized spacial score (nSPS) is 13.0. The molecule has 0 unspecified atom stereocenters. The van der Waals surface area contributed by atoms with Gasteiger partial charge in [0.1, 0.15) is 24.0 Å². The average Bonchev–Trinajstić information content (AvgIpc) is 3.96. The number of benzene rings is 8. The summed E-state index contributed by atoms with van der Waals surface area (Å²) in [4.78, 5) is 9.98. The number of aromatic nitrogens is 2. The molecule has 0 fully saturated rings. The lowest BCUT2D eigenvalue weighted by atomic mass is 9.71. The maximum atomic E-state index is 6.91. The van der Waals surface area contributed by atoms with Crippen LogP contribution in [-0.4, -0.2) is 16.2 Å². The maximum absolute atomic E-state index is 6.91. The van der Waals surface area contributed by atoms with Crippen LogP contribution in [0.25, 0.3) is 38.8 Å². The van der Waals surface area contributed by atoms with Crippen LogP contribution in [0, 0.1) is 0 Å². The number of ether oxygens (including phenoxy) is 1. The fourth-order valence-electron chi connectivity index (χ4n) is 11.0. The quantitative estimate of drug-likeness (QED) is 0.122. The van der Waals surface area contributed by atoms with Gasteiger partial charge in [-0.05, 0) is 130 Å². The molecule has 0 N–H and O–H groups in total. The predicted molar refractivity (Wildman–Crippen MR) is 298 cm³/mol. The van der Waals surface area contributed by atoms with Crippen molar-refractivity contribution >= 4 is 44.6 Å². The number of pyridine rings is 1. The van der Waals surface area contributed by atoms with Crippen LogP contribution in [0.1, 0.15) is 89.1 Å². The smallest absolute Gasteiger partial charge is 0.137 e. The molecule has 0 bridgehead atoms. The van der Waals surface area contributed by atoms with Crippen LogP contribution in [0.5, 0.6) is 11.5 Å². The topological polar surface area (TPSA) is 33.5 Å². The van der Waals surface area contributed by atoms with Crippen molar-refractivity contribution in [3.05, 3.63) is 240 Å². The van der Waals surface area contributed by atoms with Crippen molar-refractivity contribution < 1.29 is 4.74 Å². The van der Waals surface area contributed by atoms with Crippen molar-refractivity contribution in [3.63, 3.8) is 0 Å². The molecular weight excluding hydrogens is 865 g/mol. The number of fused-ring (bicyclic) bond motifs is 4. The number of anilines is 4. The Bertz CT molecular complexity index is 3530. The molecule has 0 radical (unpaired) electrons. The molecule has 5 nitrogen and oxygen atoms in total. The van der Waals surface area contributed by atoms with Gasteiger partial charge in [0.2, 0.25) is 0 Å². The molecule has 1 aliphatic heterocycles. The fraction of sp³-hybridized carbons (Fsp3) is 0.197. The average molecular weight is 927 g/mol. The molecule has 8 aromatic carbocycles. The van der Waals surface area contributed by atoms with Gasteiger partial charge in [0.05, 0.1) is 22.4 Å². The SMILES string of the molecule is CCC(CC)(c1ccccc1)c1ccnc(-n2c3ccc(-c4ccccc4)cc3c3ccc(Oc4cccc(N5CN(c6cc(C(C)(C)C)cc(C(C)(C)c7ccccc7)c6)c6ccccc65)c4)cc32)c1. The van der Waals surface area contributed by atoms with E-state index in [1.54, 1.807) is 0 Å². The van der Waals surface area contributed by atoms with Gasteiger partial charge in [-0.15, -0.1) is 0 Å². The Morgan fingerprint density at radius 3 is 1.77 bits per heavy atom. The van der Waals surface area contributed by atoms with E-state index < -0.39 is 0 Å². The monoisotopic (exact) mass is 926 g/mol. The number of hydrogen-bond donors (Lipinski definition) is 0. The van der Waals surface area contributed by atoms with Crippen LogP contribution in [-0.2, 0) is 16.2 Å². The first-order chi connectivity index (χ1) is 34.4. The highest BCUT2D eigenvalue weighted by atomic mass is 16.5. The Labute approximate surface area is 419 Å². The van der Waals surface area contributed by atoms with Gasteiger partial charge in [0.25, 0.3) is 0 Å². The van der Waals surface area contributed by atoms with Crippen LogP contribution in [0.4, 0.5) is 22.7 Å². The molecule has 0 amide bonds. The summed E-state index contributed by atoms with van der Waals surface area (Å²) in [5.41, 5.74) is 15.2. The van der Waals surface area contributed by atoms with Gasteiger partial charge >= 0.3 is 0 Å². The Balaban J connectivity index is 0.972. The summed E-state index contributed by atoms with van der Waals surface area (Å²) in [6.07, 6.45) is 3.93. The molecule has 0 atom stereocenters. The van der Waals surface area contributed by atoms with Gasteiger partial charge in [0, 0.05) is 51.3 Å². The number of para-hydroxylation sites is 2. The van der Waals surface area contributed by atoms with Crippen LogP contribution in [0.3, 0.4) is 0 Å². The summed E-state index contributed by atoms with van der Waals surface area (Å²) >= 11 is 0. The molecule has 10 aromatic rings. The third-order valence-electron chi connectivity index (χ3n) is 15.3. The first kappa shape index (κ1) is 45.5. The van der Waals surface area contributed by atoms with Gasteiger partial charge < -0.3 is 14.5 Å². The Kier molecular flexibility index (Phi) is 11.6. The lowest BCUT2D eigenvalue weighted by molar-refractivity contribution is 0.477. The number of nitrogens with zero attached hydrogens (tertiary/aromatic N) is 4. The van der Waals surface area contributed by atoms with Crippen molar-refractivity contribution in [1.29, 1.82) is 0 Å². The van der Waals surface area contributed by atoms with Crippen molar-refractivity contribution in [2.45, 2.75) is 77.6 Å². The summed E-state index contributed by atoms with van der Waals surface area (Å²) in [5.74, 6) is 2.42. The molecule has 3 heterocycles. The largest absolute Gasteiger partial charge is 0.457 e. The lowest BCUT2D eigenvalue weighted by Crippen LogP contribution is -2.26. The minimum Gasteiger partial charge on any atom is -0.457 e. The Morgan fingerprint density at radius 1 is 0.451 bits per heavy atom. The summed E-state index contributed by atoms with van der Waals surface area (Å²) in [6.45, 7) is 16.9. The molecular formula is C66H62N4O. The van der Waals surface area contributed by atoms with E-state index in [4.69, 9.17) is 9.72 Å². The third-order valence-corrected chi connectivity index (χ3v) is 15.3. The van der Waals surface area contributed by atoms with E-state index in [1.165, 1.54) is 55.7 Å². The van der Waals surface area contributed by atoms with Crippen LogP contribution in [0.2, 0.25) is 0 Å². The summed E-state index contributed by atoms with van der Waals surface area (Å²) in [5, 5.41) is 2.31. The zero-order valence-corrected chi connectivity index (χ0v) is 42.0. The van der Waals surface area contributed by atoms with E-state index >= 15 is 0 Å². The predicted octanol–water partition coefficient (Wildman–Crippen LogP) is 17.6. The van der Waals surface area contributed by atoms with E-state index in [0.717, 1.165) is 58.0 Å². The highest BCUT2D eigenvalue weighted by molar-refractivity contribution is 6.10. The van der Waals surface area contributed by atoms with Gasteiger partial charge in [-0.1, -0.05) is 170 Å². The maximum Gasteiger partial charge on any atom is 0.137 e. The highest BCUT2D eigenvalue weighted by Crippen LogP contribution is 2.48. The first-order valence-electron chi connectivity index (χ1n) is 25.2. The summed E-state index contributed by atoms with van der Waals surface area (Å²) < 4.78 is 9.23. The van der Waals surface area contributed by atoms with E-state index in [-0.39, 0.29) is 16.2 Å². The third kappa shape index (κ3) is 8.23. The molecule has 0 saturated carbocycles. The number of hydrogen-bond acceptors (Lipinski definition) is 4. The van der Waals surface area contributed by atoms with Gasteiger partial charge in [0.15, 0.2) is 0 Å². The Morgan fingerprint density at radius 2 is 1.08 bits per heavy atom. The molecule has 2 aromatic heterocycles. The molecule has 352 valence electrons. The lowest BCUT2D eigenvalue weighted by Gasteiger charge is -2.33. The van der Waals surface area contributed by atoms with Gasteiger partial charge in [-0.25, -0.2) is 4.98 Å². The fourth-order valence-corrected chi connectivity index (χ4v) is 11.0. The van der Waals surface area contributed by atoms with E-state index in [0.29, 0.717) is 6.67 Å². The van der Waals surface area contributed by atoms with Crippen LogP contribution in [0.15, 0.2) is 212 Å². The van der Waals surface area contributed by atoms with Crippen LogP contribution < -0.4 is 14.5 Å². The van der Waals surface area contributed by atoms with Gasteiger partial charge in [-0.2, -0.15) is 0 Å². The minimum atomic E-state index is -0.191. The zero-order chi connectivity index (χ0) is 48.9. The second kappa shape index (κ2) is 18.1. The summed E-state index contributed by atoms with van der Waals surface area (Å²) in [7, 11) is 0. The van der Waals surface area contributed by atoms with Crippen molar-refractivity contribution in [2.75, 3.05) is 16.5 Å². The molecule has 71 heavy (non-hydrogen) atoms. The van der Waals surface area contributed by atoms with Gasteiger partial charge in [-0.3, -0.25) is 4.57 Å². The molecule has 5 heteroatoms. The first-order valence-corrected chi connectivity index (χ1v) is 25.2. The van der Waals surface area contributed by atoms with Crippen molar-refractivity contribution in [3.8, 4) is 28.4 Å². The van der Waals surface area contributed by atoms with Crippen LogP contribution >= 0.6 is 0 Å².